The zero-order valence-corrected chi connectivity index (χ0v) is 20.4. The van der Waals surface area contributed by atoms with E-state index in [-0.39, 0.29) is 11.9 Å². The number of likely N-dealkylation sites (N-methyl/N-ethyl adjacent to an activating group) is 1. The van der Waals surface area contributed by atoms with Crippen molar-refractivity contribution >= 4 is 23.7 Å². The third kappa shape index (κ3) is 4.63. The van der Waals surface area contributed by atoms with Crippen molar-refractivity contribution in [3.05, 3.63) is 29.8 Å². The van der Waals surface area contributed by atoms with E-state index in [2.05, 4.69) is 4.90 Å². The number of imide groups is 1. The minimum absolute atomic E-state index is 0.0135. The Labute approximate surface area is 196 Å². The maximum Gasteiger partial charge on any atom is 0.327 e. The number of benzene rings is 1. The minimum atomic E-state index is -0.682. The fourth-order valence-electron chi connectivity index (χ4n) is 5.18. The first-order valence-electron chi connectivity index (χ1n) is 11.7. The molecule has 7 nitrogen and oxygen atoms in total. The molecule has 176 valence electrons. The molecule has 3 saturated heterocycles. The smallest absolute Gasteiger partial charge is 0.327 e. The molecule has 32 heavy (non-hydrogen) atoms. The van der Waals surface area contributed by atoms with Gasteiger partial charge in [0.15, 0.2) is 0 Å². The van der Waals surface area contributed by atoms with Crippen LogP contribution in [0.15, 0.2) is 24.3 Å². The number of urea groups is 1. The van der Waals surface area contributed by atoms with Crippen LogP contribution in [-0.4, -0.2) is 109 Å². The van der Waals surface area contributed by atoms with Crippen LogP contribution in [0.25, 0.3) is 0 Å². The molecule has 3 amide bonds. The molecule has 3 aliphatic heterocycles. The number of carbonyl (C=O) groups is 2. The van der Waals surface area contributed by atoms with Crippen molar-refractivity contribution in [2.24, 2.45) is 0 Å². The number of hydrogen-bond donors (Lipinski definition) is 0. The SMILES string of the molecule is COc1ccc(CCN2C(=O)N(CCN(C)C)C(=O)C23CCN([C@@H]2CCSC2)CC3)cc1. The van der Waals surface area contributed by atoms with Gasteiger partial charge in [0, 0.05) is 44.5 Å². The predicted molar refractivity (Wildman–Crippen MR) is 128 cm³/mol. The van der Waals surface area contributed by atoms with Gasteiger partial charge in [-0.1, -0.05) is 12.1 Å². The molecule has 1 atom stereocenters. The normalized spacial score (nSPS) is 23.7. The van der Waals surface area contributed by atoms with E-state index in [0.29, 0.717) is 25.7 Å². The van der Waals surface area contributed by atoms with Crippen LogP contribution in [0.4, 0.5) is 4.79 Å². The van der Waals surface area contributed by atoms with Gasteiger partial charge < -0.3 is 14.5 Å². The Balaban J connectivity index is 1.50. The fraction of sp³-hybridized carbons (Fsp3) is 0.667. The molecule has 1 spiro atoms. The second kappa shape index (κ2) is 10.0. The summed E-state index contributed by atoms with van der Waals surface area (Å²) in [5, 5.41) is 0. The lowest BCUT2D eigenvalue weighted by atomic mass is 9.85. The van der Waals surface area contributed by atoms with Crippen LogP contribution in [0.2, 0.25) is 0 Å². The van der Waals surface area contributed by atoms with Crippen molar-refractivity contribution in [1.82, 2.24) is 19.6 Å². The van der Waals surface area contributed by atoms with E-state index < -0.39 is 5.54 Å². The number of thioether (sulfide) groups is 1. The van der Waals surface area contributed by atoms with Crippen molar-refractivity contribution in [1.29, 1.82) is 0 Å². The molecule has 0 unspecified atom stereocenters. The standard InChI is InChI=1S/C24H36N4O3S/c1-25(2)15-16-27-22(29)24(10-13-26(14-11-24)20-9-17-32-18-20)28(23(27)30)12-8-19-4-6-21(31-3)7-5-19/h4-7,20H,8-18H2,1-3H3/t20-/m1/s1. The van der Waals surface area contributed by atoms with Crippen LogP contribution in [0.5, 0.6) is 5.75 Å². The van der Waals surface area contributed by atoms with Crippen molar-refractivity contribution < 1.29 is 14.3 Å². The Kier molecular flexibility index (Phi) is 7.32. The molecule has 3 heterocycles. The molecule has 0 aromatic heterocycles. The highest BCUT2D eigenvalue weighted by molar-refractivity contribution is 7.99. The highest BCUT2D eigenvalue weighted by Crippen LogP contribution is 2.39. The van der Waals surface area contributed by atoms with Gasteiger partial charge in [-0.15, -0.1) is 0 Å². The number of hydrogen-bond acceptors (Lipinski definition) is 6. The quantitative estimate of drug-likeness (QED) is 0.556. The third-order valence-electron chi connectivity index (χ3n) is 7.22. The topological polar surface area (TPSA) is 56.3 Å². The lowest BCUT2D eigenvalue weighted by Gasteiger charge is -2.44. The Bertz CT molecular complexity index is 802. The molecular weight excluding hydrogens is 424 g/mol. The molecule has 3 aliphatic rings. The van der Waals surface area contributed by atoms with Gasteiger partial charge in [-0.25, -0.2) is 4.79 Å². The molecule has 8 heteroatoms. The summed E-state index contributed by atoms with van der Waals surface area (Å²) in [6, 6.07) is 8.49. The van der Waals surface area contributed by atoms with Crippen LogP contribution in [-0.2, 0) is 11.2 Å². The Hall–Kier alpha value is -1.77. The first-order chi connectivity index (χ1) is 15.4. The van der Waals surface area contributed by atoms with E-state index in [1.165, 1.54) is 22.8 Å². The van der Waals surface area contributed by atoms with E-state index in [9.17, 15) is 9.59 Å². The highest BCUT2D eigenvalue weighted by Gasteiger charge is 2.57. The molecule has 4 rings (SSSR count). The zero-order valence-electron chi connectivity index (χ0n) is 19.6. The van der Waals surface area contributed by atoms with E-state index in [1.54, 1.807) is 7.11 Å². The van der Waals surface area contributed by atoms with Gasteiger partial charge in [0.25, 0.3) is 5.91 Å². The third-order valence-corrected chi connectivity index (χ3v) is 8.37. The molecule has 0 saturated carbocycles. The number of amides is 3. The van der Waals surface area contributed by atoms with Crippen molar-refractivity contribution in [2.45, 2.75) is 37.3 Å². The van der Waals surface area contributed by atoms with E-state index >= 15 is 0 Å². The molecule has 3 fully saturated rings. The number of nitrogens with zero attached hydrogens (tertiary/aromatic N) is 4. The molecule has 0 radical (unpaired) electrons. The molecule has 0 N–H and O–H groups in total. The van der Waals surface area contributed by atoms with Gasteiger partial charge >= 0.3 is 6.03 Å². The summed E-state index contributed by atoms with van der Waals surface area (Å²) >= 11 is 2.02. The van der Waals surface area contributed by atoms with Crippen LogP contribution in [0, 0.1) is 0 Å². The second-order valence-electron chi connectivity index (χ2n) is 9.38. The summed E-state index contributed by atoms with van der Waals surface area (Å²) in [6.45, 7) is 3.49. The van der Waals surface area contributed by atoms with Gasteiger partial charge in [0.05, 0.1) is 7.11 Å². The number of methoxy groups -OCH3 is 1. The first kappa shape index (κ1) is 23.4. The summed E-state index contributed by atoms with van der Waals surface area (Å²) in [5.74, 6) is 3.26. The van der Waals surface area contributed by atoms with Gasteiger partial charge in [-0.2, -0.15) is 11.8 Å². The van der Waals surface area contributed by atoms with E-state index in [1.807, 2.05) is 59.9 Å². The average molecular weight is 461 g/mol. The van der Waals surface area contributed by atoms with Crippen LogP contribution < -0.4 is 4.74 Å². The molecular formula is C24H36N4O3S. The number of ether oxygens (including phenoxy) is 1. The van der Waals surface area contributed by atoms with Crippen LogP contribution in [0.1, 0.15) is 24.8 Å². The maximum absolute atomic E-state index is 13.6. The second-order valence-corrected chi connectivity index (χ2v) is 10.5. The summed E-state index contributed by atoms with van der Waals surface area (Å²) in [6.07, 6.45) is 3.44. The fourth-order valence-corrected chi connectivity index (χ4v) is 6.43. The summed E-state index contributed by atoms with van der Waals surface area (Å²) in [7, 11) is 5.60. The number of carbonyl (C=O) groups excluding carboxylic acids is 2. The summed E-state index contributed by atoms with van der Waals surface area (Å²) < 4.78 is 5.25. The number of likely N-dealkylation sites (tertiary alicyclic amines) is 1. The van der Waals surface area contributed by atoms with Crippen molar-refractivity contribution in [3.63, 3.8) is 0 Å². The summed E-state index contributed by atoms with van der Waals surface area (Å²) in [4.78, 5) is 35.1. The van der Waals surface area contributed by atoms with Gasteiger partial charge in [0.2, 0.25) is 0 Å². The van der Waals surface area contributed by atoms with Gasteiger partial charge in [0.1, 0.15) is 11.3 Å². The first-order valence-corrected chi connectivity index (χ1v) is 12.8. The maximum atomic E-state index is 13.6. The Morgan fingerprint density at radius 3 is 2.44 bits per heavy atom. The monoisotopic (exact) mass is 460 g/mol. The summed E-state index contributed by atoms with van der Waals surface area (Å²) in [5.41, 5.74) is 0.464. The molecule has 0 bridgehead atoms. The van der Waals surface area contributed by atoms with E-state index in [4.69, 9.17) is 4.74 Å². The largest absolute Gasteiger partial charge is 0.497 e. The Morgan fingerprint density at radius 2 is 1.84 bits per heavy atom. The molecule has 1 aromatic carbocycles. The predicted octanol–water partition coefficient (Wildman–Crippen LogP) is 2.40. The number of rotatable bonds is 8. The van der Waals surface area contributed by atoms with Gasteiger partial charge in [-0.05, 0) is 63.2 Å². The van der Waals surface area contributed by atoms with Crippen LogP contribution in [0.3, 0.4) is 0 Å². The van der Waals surface area contributed by atoms with Crippen molar-refractivity contribution in [3.8, 4) is 5.75 Å². The average Bonchev–Trinajstić information content (AvgIpc) is 3.40. The lowest BCUT2D eigenvalue weighted by Crippen LogP contribution is -2.58. The molecule has 1 aromatic rings. The zero-order chi connectivity index (χ0) is 22.7. The van der Waals surface area contributed by atoms with Crippen LogP contribution >= 0.6 is 11.8 Å². The minimum Gasteiger partial charge on any atom is -0.497 e. The lowest BCUT2D eigenvalue weighted by molar-refractivity contribution is -0.136. The Morgan fingerprint density at radius 1 is 1.12 bits per heavy atom. The van der Waals surface area contributed by atoms with E-state index in [0.717, 1.165) is 43.7 Å². The highest BCUT2D eigenvalue weighted by atomic mass is 32.2. The number of piperidine rings is 1. The molecule has 0 aliphatic carbocycles. The van der Waals surface area contributed by atoms with Crippen molar-refractivity contribution in [2.75, 3.05) is 65.4 Å². The van der Waals surface area contributed by atoms with Gasteiger partial charge in [-0.3, -0.25) is 14.6 Å².